The highest BCUT2D eigenvalue weighted by Crippen LogP contribution is 2.55. The molecule has 13 heteroatoms. The normalized spacial score (nSPS) is 25.1. The van der Waals surface area contributed by atoms with E-state index >= 15 is 0 Å². The Hall–Kier alpha value is -3.83. The van der Waals surface area contributed by atoms with Crippen molar-refractivity contribution in [1.82, 2.24) is 14.5 Å². The Morgan fingerprint density at radius 2 is 1.57 bits per heavy atom. The van der Waals surface area contributed by atoms with Gasteiger partial charge >= 0.3 is 0 Å². The molecule has 2 N–H and O–H groups in total. The molecular weight excluding hydrogens is 559 g/mol. The number of methoxy groups -OCH3 is 1. The molecule has 200 valence electrons. The van der Waals surface area contributed by atoms with E-state index in [4.69, 9.17) is 38.2 Å². The number of nitrogens with zero attached hydrogens (tertiary/aromatic N) is 5. The average molecular weight is 577 g/mol. The first kappa shape index (κ1) is 24.0. The summed E-state index contributed by atoms with van der Waals surface area (Å²) in [6.07, 6.45) is -3.65. The molecule has 5 aromatic rings. The third kappa shape index (κ3) is 2.69. The van der Waals surface area contributed by atoms with Crippen molar-refractivity contribution < 1.29 is 24.2 Å². The lowest BCUT2D eigenvalue weighted by atomic mass is 9.92. The Bertz CT molecular complexity index is 2060. The summed E-state index contributed by atoms with van der Waals surface area (Å²) in [5.41, 5.74) is 11.9. The van der Waals surface area contributed by atoms with Crippen molar-refractivity contribution in [2.45, 2.75) is 30.6 Å². The Labute approximate surface area is 234 Å². The molecule has 11 nitrogen and oxygen atoms in total. The van der Waals surface area contributed by atoms with Crippen molar-refractivity contribution in [3.8, 4) is 0 Å². The highest BCUT2D eigenvalue weighted by Gasteiger charge is 2.52. The number of aromatic nitrogens is 2. The summed E-state index contributed by atoms with van der Waals surface area (Å²) < 4.78 is 16.1. The number of benzene rings is 3. The molecule has 0 spiro atoms. The fraction of sp³-hybridized carbons (Fsp3) is 0.259. The van der Waals surface area contributed by atoms with Crippen LogP contribution in [0.25, 0.3) is 54.1 Å². The Balaban J connectivity index is 1.65. The number of aliphatic hydroxyl groups is 1. The largest absolute Gasteiger partial charge is 0.388 e. The molecule has 3 aromatic carbocycles. The van der Waals surface area contributed by atoms with E-state index in [-0.39, 0.29) is 17.7 Å². The maximum Gasteiger partial charge on any atom is 0.259 e. The number of carbonyl (C=O) groups excluding carboxylic acids is 2. The summed E-state index contributed by atoms with van der Waals surface area (Å²) in [5, 5.41) is 21.3. The predicted octanol–water partition coefficient (Wildman–Crippen LogP) is 5.23. The summed E-state index contributed by atoms with van der Waals surface area (Å²) in [6.45, 7) is -0.0814. The van der Waals surface area contributed by atoms with Gasteiger partial charge < -0.3 is 23.7 Å². The van der Waals surface area contributed by atoms with Crippen LogP contribution in [0.5, 0.6) is 0 Å². The minimum atomic E-state index is -1.15. The number of rotatable bonds is 3. The topological polar surface area (TPSA) is 143 Å². The van der Waals surface area contributed by atoms with E-state index in [1.165, 1.54) is 7.11 Å². The Kier molecular flexibility index (Phi) is 4.87. The molecule has 3 aliphatic rings. The third-order valence-corrected chi connectivity index (χ3v) is 9.02. The number of hydrogen-bond acceptors (Lipinski definition) is 6. The average Bonchev–Trinajstić information content (AvgIpc) is 3.56. The van der Waals surface area contributed by atoms with E-state index in [2.05, 4.69) is 15.3 Å². The van der Waals surface area contributed by atoms with Gasteiger partial charge in [0.15, 0.2) is 6.23 Å². The monoisotopic (exact) mass is 576 g/mol. The number of ether oxygens (including phenoxy) is 2. The molecule has 1 saturated heterocycles. The van der Waals surface area contributed by atoms with Crippen molar-refractivity contribution in [3.05, 3.63) is 68.0 Å². The Morgan fingerprint density at radius 1 is 1.00 bits per heavy atom. The number of halogens is 2. The SMILES string of the molecule is CO[C@H]1[C@H](O)[C@H]2[C@@H](O[C@@H]1CN=[N+]=[N-])n1c3c(Cl)cccc3c3c4c(c5c6cccc(Cl)c6n2c5c31)C(=O)NC4=O. The zero-order chi connectivity index (χ0) is 27.6. The van der Waals surface area contributed by atoms with Crippen LogP contribution in [-0.4, -0.2) is 58.0 Å². The van der Waals surface area contributed by atoms with E-state index < -0.39 is 42.4 Å². The number of aliphatic hydroxyl groups excluding tert-OH is 1. The molecular formula is C27H18Cl2N6O5. The first-order chi connectivity index (χ1) is 19.4. The van der Waals surface area contributed by atoms with Gasteiger partial charge in [-0.1, -0.05) is 52.6 Å². The number of carbonyl (C=O) groups is 2. The summed E-state index contributed by atoms with van der Waals surface area (Å²) in [7, 11) is 1.46. The van der Waals surface area contributed by atoms with Crippen LogP contribution in [0.1, 0.15) is 33.0 Å². The molecule has 0 aliphatic carbocycles. The molecule has 5 atom stereocenters. The maximum atomic E-state index is 13.3. The van der Waals surface area contributed by atoms with Gasteiger partial charge in [-0.2, -0.15) is 0 Å². The summed E-state index contributed by atoms with van der Waals surface area (Å²) in [6, 6.07) is 9.94. The molecule has 5 heterocycles. The van der Waals surface area contributed by atoms with Gasteiger partial charge in [-0.25, -0.2) is 0 Å². The van der Waals surface area contributed by atoms with Gasteiger partial charge in [0.1, 0.15) is 18.2 Å². The molecule has 8 rings (SSSR count). The van der Waals surface area contributed by atoms with Gasteiger partial charge in [0.2, 0.25) is 0 Å². The number of azide groups is 1. The van der Waals surface area contributed by atoms with E-state index in [1.807, 2.05) is 21.3 Å². The highest BCUT2D eigenvalue weighted by molar-refractivity contribution is 6.43. The molecule has 0 saturated carbocycles. The van der Waals surface area contributed by atoms with Crippen LogP contribution < -0.4 is 5.32 Å². The standard InChI is InChI=1S/C27H18Cl2N6O5/c1-39-24-13(8-31-33-30)40-27-22(23(24)36)34-18-9(4-2-6-11(18)28)14-16-17(26(38)32-25(16)37)15-10-5-3-7-12(29)19(10)35(27)21(15)20(14)34/h2-7,13,22-24,27,36H,8H2,1H3,(H,32,37,38)/t13-,22+,23-,24-,27-/m1/s1. The van der Waals surface area contributed by atoms with Crippen LogP contribution in [0.3, 0.4) is 0 Å². The number of hydrogen-bond donors (Lipinski definition) is 2. The van der Waals surface area contributed by atoms with Crippen molar-refractivity contribution in [1.29, 1.82) is 0 Å². The van der Waals surface area contributed by atoms with Gasteiger partial charge in [0, 0.05) is 33.6 Å². The lowest BCUT2D eigenvalue weighted by Crippen LogP contribution is -2.55. The molecule has 1 fully saturated rings. The van der Waals surface area contributed by atoms with Gasteiger partial charge in [-0.15, -0.1) is 0 Å². The number of imide groups is 1. The van der Waals surface area contributed by atoms with Crippen LogP contribution in [0.2, 0.25) is 10.0 Å². The van der Waals surface area contributed by atoms with Crippen LogP contribution in [0, 0.1) is 0 Å². The zero-order valence-electron chi connectivity index (χ0n) is 20.6. The summed E-state index contributed by atoms with van der Waals surface area (Å²) in [4.78, 5) is 29.6. The quantitative estimate of drug-likeness (QED) is 0.131. The molecule has 3 aliphatic heterocycles. The lowest BCUT2D eigenvalue weighted by Gasteiger charge is -2.47. The van der Waals surface area contributed by atoms with Gasteiger partial charge in [-0.3, -0.25) is 14.9 Å². The van der Waals surface area contributed by atoms with E-state index in [9.17, 15) is 14.7 Å². The molecule has 0 bridgehead atoms. The molecule has 2 aromatic heterocycles. The minimum Gasteiger partial charge on any atom is -0.388 e. The third-order valence-electron chi connectivity index (χ3n) is 8.41. The molecule has 0 unspecified atom stereocenters. The summed E-state index contributed by atoms with van der Waals surface area (Å²) in [5.74, 6) is -1.01. The van der Waals surface area contributed by atoms with E-state index in [0.29, 0.717) is 53.7 Å². The number of para-hydroxylation sites is 2. The van der Waals surface area contributed by atoms with Crippen molar-refractivity contribution in [2.75, 3.05) is 13.7 Å². The highest BCUT2D eigenvalue weighted by atomic mass is 35.5. The van der Waals surface area contributed by atoms with Crippen LogP contribution in [-0.2, 0) is 9.47 Å². The van der Waals surface area contributed by atoms with Crippen LogP contribution in [0.15, 0.2) is 41.5 Å². The van der Waals surface area contributed by atoms with Gasteiger partial charge in [0.05, 0.1) is 55.9 Å². The number of nitrogens with one attached hydrogen (secondary N) is 1. The first-order valence-electron chi connectivity index (χ1n) is 12.5. The number of fused-ring (bicyclic) bond motifs is 12. The molecule has 0 radical (unpaired) electrons. The van der Waals surface area contributed by atoms with Crippen molar-refractivity contribution in [3.63, 3.8) is 0 Å². The Morgan fingerprint density at radius 3 is 2.15 bits per heavy atom. The summed E-state index contributed by atoms with van der Waals surface area (Å²) >= 11 is 13.6. The maximum absolute atomic E-state index is 13.3. The zero-order valence-corrected chi connectivity index (χ0v) is 22.1. The van der Waals surface area contributed by atoms with Crippen LogP contribution in [0.4, 0.5) is 0 Å². The van der Waals surface area contributed by atoms with Crippen LogP contribution >= 0.6 is 23.2 Å². The predicted molar refractivity (Wildman–Crippen MR) is 148 cm³/mol. The fourth-order valence-electron chi connectivity index (χ4n) is 7.07. The van der Waals surface area contributed by atoms with Crippen molar-refractivity contribution >= 4 is 78.6 Å². The minimum absolute atomic E-state index is 0.0814. The number of amides is 2. The molecule has 40 heavy (non-hydrogen) atoms. The second-order valence-corrected chi connectivity index (χ2v) is 11.0. The second-order valence-electron chi connectivity index (χ2n) is 10.2. The molecule has 2 amide bonds. The van der Waals surface area contributed by atoms with Crippen molar-refractivity contribution in [2.24, 2.45) is 5.11 Å². The fourth-order valence-corrected chi connectivity index (χ4v) is 7.60. The lowest BCUT2D eigenvalue weighted by molar-refractivity contribution is -0.219. The second kappa shape index (κ2) is 8.11. The van der Waals surface area contributed by atoms with E-state index in [1.54, 1.807) is 24.3 Å². The smallest absolute Gasteiger partial charge is 0.259 e. The van der Waals surface area contributed by atoms with E-state index in [0.717, 1.165) is 0 Å². The van der Waals surface area contributed by atoms with Gasteiger partial charge in [-0.05, 0) is 17.7 Å². The first-order valence-corrected chi connectivity index (χ1v) is 13.3. The van der Waals surface area contributed by atoms with Gasteiger partial charge in [0.25, 0.3) is 11.8 Å².